The van der Waals surface area contributed by atoms with Crippen LogP contribution < -0.4 is 10.1 Å². The van der Waals surface area contributed by atoms with E-state index >= 15 is 0 Å². The molecule has 0 aliphatic heterocycles. The van der Waals surface area contributed by atoms with Gasteiger partial charge in [0.2, 0.25) is 5.91 Å². The number of aromatic nitrogens is 1. The first-order chi connectivity index (χ1) is 12.2. The molecule has 0 radical (unpaired) electrons. The number of nitrogens with zero attached hydrogens (tertiary/aromatic N) is 1. The highest BCUT2D eigenvalue weighted by molar-refractivity contribution is 7.14. The molecule has 0 saturated heterocycles. The van der Waals surface area contributed by atoms with Crippen LogP contribution in [0.15, 0.2) is 41.1 Å². The molecular formula is C19H20N2O2S2. The fraction of sp³-hybridized carbons (Fsp3) is 0.263. The second kappa shape index (κ2) is 8.27. The van der Waals surface area contributed by atoms with Gasteiger partial charge in [0.25, 0.3) is 0 Å². The van der Waals surface area contributed by atoms with Crippen molar-refractivity contribution in [3.63, 3.8) is 0 Å². The molecule has 1 aromatic carbocycles. The van der Waals surface area contributed by atoms with Gasteiger partial charge in [0.05, 0.1) is 12.8 Å². The SMILES string of the molecule is COc1ccc(C)cc1-c1csc(NC(=O)CCCc2cccs2)n1. The van der Waals surface area contributed by atoms with Crippen LogP contribution in [0.5, 0.6) is 5.75 Å². The molecule has 1 N–H and O–H groups in total. The third kappa shape index (κ3) is 4.67. The first-order valence-corrected chi connectivity index (χ1v) is 9.84. The van der Waals surface area contributed by atoms with Gasteiger partial charge < -0.3 is 10.1 Å². The Morgan fingerprint density at radius 3 is 2.92 bits per heavy atom. The summed E-state index contributed by atoms with van der Waals surface area (Å²) in [7, 11) is 1.65. The molecule has 0 spiro atoms. The summed E-state index contributed by atoms with van der Waals surface area (Å²) >= 11 is 3.16. The number of ether oxygens (including phenoxy) is 1. The van der Waals surface area contributed by atoms with Gasteiger partial charge in [-0.15, -0.1) is 22.7 Å². The summed E-state index contributed by atoms with van der Waals surface area (Å²) in [4.78, 5) is 18.0. The Morgan fingerprint density at radius 2 is 2.16 bits per heavy atom. The summed E-state index contributed by atoms with van der Waals surface area (Å²) in [5, 5.41) is 7.52. The lowest BCUT2D eigenvalue weighted by molar-refractivity contribution is -0.116. The number of thiazole rings is 1. The summed E-state index contributed by atoms with van der Waals surface area (Å²) in [6.45, 7) is 2.03. The molecule has 0 aliphatic carbocycles. The Morgan fingerprint density at radius 1 is 1.28 bits per heavy atom. The molecule has 6 heteroatoms. The lowest BCUT2D eigenvalue weighted by Gasteiger charge is -2.07. The van der Waals surface area contributed by atoms with Crippen molar-refractivity contribution in [3.8, 4) is 17.0 Å². The zero-order valence-corrected chi connectivity index (χ0v) is 15.9. The Hall–Kier alpha value is -2.18. The molecule has 1 amide bonds. The van der Waals surface area contributed by atoms with E-state index in [1.54, 1.807) is 18.4 Å². The van der Waals surface area contributed by atoms with Crippen molar-refractivity contribution in [1.82, 2.24) is 4.98 Å². The molecule has 0 unspecified atom stereocenters. The smallest absolute Gasteiger partial charge is 0.226 e. The number of anilines is 1. The lowest BCUT2D eigenvalue weighted by Crippen LogP contribution is -2.11. The Bertz CT molecular complexity index is 841. The maximum Gasteiger partial charge on any atom is 0.226 e. The highest BCUT2D eigenvalue weighted by Gasteiger charge is 2.12. The summed E-state index contributed by atoms with van der Waals surface area (Å²) in [6, 6.07) is 10.1. The number of nitrogens with one attached hydrogen (secondary N) is 1. The van der Waals surface area contributed by atoms with Crippen LogP contribution in [-0.4, -0.2) is 18.0 Å². The third-order valence-electron chi connectivity index (χ3n) is 3.79. The van der Waals surface area contributed by atoms with Gasteiger partial charge in [0.1, 0.15) is 5.75 Å². The largest absolute Gasteiger partial charge is 0.496 e. The van der Waals surface area contributed by atoms with E-state index in [0.29, 0.717) is 11.6 Å². The Kier molecular flexibility index (Phi) is 5.83. The van der Waals surface area contributed by atoms with Gasteiger partial charge in [0.15, 0.2) is 5.13 Å². The van der Waals surface area contributed by atoms with Crippen molar-refractivity contribution in [1.29, 1.82) is 0 Å². The van der Waals surface area contributed by atoms with Crippen LogP contribution >= 0.6 is 22.7 Å². The summed E-state index contributed by atoms with van der Waals surface area (Å²) < 4.78 is 5.41. The number of carbonyl (C=O) groups excluding carboxylic acids is 1. The molecule has 0 bridgehead atoms. The molecule has 3 rings (SSSR count). The molecule has 0 atom stereocenters. The number of carbonyl (C=O) groups is 1. The van der Waals surface area contributed by atoms with Crippen molar-refractivity contribution in [3.05, 3.63) is 51.5 Å². The minimum atomic E-state index is 0.00802. The molecule has 130 valence electrons. The molecule has 25 heavy (non-hydrogen) atoms. The van der Waals surface area contributed by atoms with Gasteiger partial charge in [-0.1, -0.05) is 17.7 Å². The van der Waals surface area contributed by atoms with E-state index in [2.05, 4.69) is 21.7 Å². The standard InChI is InChI=1S/C19H20N2O2S2/c1-13-8-9-17(23-2)15(11-13)16-12-25-19(20-16)21-18(22)7-3-5-14-6-4-10-24-14/h4,6,8-12H,3,5,7H2,1-2H3,(H,20,21,22). The van der Waals surface area contributed by atoms with Crippen LogP contribution in [0, 0.1) is 6.92 Å². The van der Waals surface area contributed by atoms with Crippen LogP contribution in [0.25, 0.3) is 11.3 Å². The number of amides is 1. The fourth-order valence-electron chi connectivity index (χ4n) is 2.54. The first-order valence-electron chi connectivity index (χ1n) is 8.08. The normalized spacial score (nSPS) is 10.6. The quantitative estimate of drug-likeness (QED) is 0.624. The number of rotatable bonds is 7. The molecule has 3 aromatic rings. The van der Waals surface area contributed by atoms with Crippen LogP contribution in [0.1, 0.15) is 23.3 Å². The second-order valence-corrected chi connectivity index (χ2v) is 7.61. The number of hydrogen-bond donors (Lipinski definition) is 1. The maximum atomic E-state index is 12.1. The van der Waals surface area contributed by atoms with E-state index < -0.39 is 0 Å². The topological polar surface area (TPSA) is 51.2 Å². The molecular weight excluding hydrogens is 352 g/mol. The number of benzene rings is 1. The number of hydrogen-bond acceptors (Lipinski definition) is 5. The predicted octanol–water partition coefficient (Wildman–Crippen LogP) is 5.15. The fourth-order valence-corrected chi connectivity index (χ4v) is 4.01. The highest BCUT2D eigenvalue weighted by Crippen LogP contribution is 2.33. The van der Waals surface area contributed by atoms with Gasteiger partial charge in [-0.3, -0.25) is 4.79 Å². The molecule has 2 aromatic heterocycles. The van der Waals surface area contributed by atoms with Crippen LogP contribution in [-0.2, 0) is 11.2 Å². The number of methoxy groups -OCH3 is 1. The first kappa shape index (κ1) is 17.6. The number of aryl methyl sites for hydroxylation is 2. The average Bonchev–Trinajstić information content (AvgIpc) is 3.27. The monoisotopic (exact) mass is 372 g/mol. The van der Waals surface area contributed by atoms with E-state index in [9.17, 15) is 4.79 Å². The van der Waals surface area contributed by atoms with Crippen molar-refractivity contribution in [2.75, 3.05) is 12.4 Å². The van der Waals surface area contributed by atoms with E-state index in [-0.39, 0.29) is 5.91 Å². The number of thiophene rings is 1. The maximum absolute atomic E-state index is 12.1. The van der Waals surface area contributed by atoms with E-state index in [4.69, 9.17) is 4.74 Å². The Balaban J connectivity index is 1.60. The lowest BCUT2D eigenvalue weighted by atomic mass is 10.1. The van der Waals surface area contributed by atoms with Gasteiger partial charge in [-0.05, 0) is 43.3 Å². The zero-order chi connectivity index (χ0) is 17.6. The molecule has 4 nitrogen and oxygen atoms in total. The molecule has 0 saturated carbocycles. The second-order valence-electron chi connectivity index (χ2n) is 5.72. The van der Waals surface area contributed by atoms with E-state index in [1.165, 1.54) is 16.2 Å². The van der Waals surface area contributed by atoms with E-state index in [1.807, 2.05) is 36.6 Å². The average molecular weight is 373 g/mol. The minimum absolute atomic E-state index is 0.00802. The van der Waals surface area contributed by atoms with Gasteiger partial charge in [-0.2, -0.15) is 0 Å². The van der Waals surface area contributed by atoms with Crippen molar-refractivity contribution >= 4 is 33.7 Å². The van der Waals surface area contributed by atoms with Crippen molar-refractivity contribution < 1.29 is 9.53 Å². The van der Waals surface area contributed by atoms with Crippen LogP contribution in [0.4, 0.5) is 5.13 Å². The Labute approximate surface area is 155 Å². The molecule has 2 heterocycles. The van der Waals surface area contributed by atoms with E-state index in [0.717, 1.165) is 35.4 Å². The highest BCUT2D eigenvalue weighted by atomic mass is 32.1. The summed E-state index contributed by atoms with van der Waals surface area (Å²) in [5.41, 5.74) is 2.90. The summed E-state index contributed by atoms with van der Waals surface area (Å²) in [5.74, 6) is 0.790. The summed E-state index contributed by atoms with van der Waals surface area (Å²) in [6.07, 6.45) is 2.28. The molecule has 0 aliphatic rings. The third-order valence-corrected chi connectivity index (χ3v) is 5.48. The molecule has 0 fully saturated rings. The van der Waals surface area contributed by atoms with Crippen molar-refractivity contribution in [2.24, 2.45) is 0 Å². The zero-order valence-electron chi connectivity index (χ0n) is 14.2. The minimum Gasteiger partial charge on any atom is -0.496 e. The van der Waals surface area contributed by atoms with Gasteiger partial charge in [0, 0.05) is 22.2 Å². The van der Waals surface area contributed by atoms with Crippen LogP contribution in [0.3, 0.4) is 0 Å². The van der Waals surface area contributed by atoms with Crippen LogP contribution in [0.2, 0.25) is 0 Å². The van der Waals surface area contributed by atoms with Gasteiger partial charge >= 0.3 is 0 Å². The van der Waals surface area contributed by atoms with Crippen molar-refractivity contribution in [2.45, 2.75) is 26.2 Å². The predicted molar refractivity (Wildman–Crippen MR) is 105 cm³/mol. The van der Waals surface area contributed by atoms with Gasteiger partial charge in [-0.25, -0.2) is 4.98 Å².